The molecule has 5 N–H and O–H groups in total. The first kappa shape index (κ1) is 33.8. The summed E-state index contributed by atoms with van der Waals surface area (Å²) in [6.45, 7) is 10.3. The molecule has 0 aliphatic carbocycles. The van der Waals surface area contributed by atoms with E-state index in [4.69, 9.17) is 11.5 Å². The van der Waals surface area contributed by atoms with Gasteiger partial charge in [0.05, 0.1) is 6.10 Å². The van der Waals surface area contributed by atoms with Gasteiger partial charge in [-0.2, -0.15) is 0 Å². The fourth-order valence-electron chi connectivity index (χ4n) is 4.90. The molecule has 0 aromatic heterocycles. The first-order chi connectivity index (χ1) is 19.3. The summed E-state index contributed by atoms with van der Waals surface area (Å²) in [5.41, 5.74) is 13.4. The molecular weight excluding hydrogens is 530 g/mol. The Morgan fingerprint density at radius 2 is 1.44 bits per heavy atom. The van der Waals surface area contributed by atoms with Crippen LogP contribution < -0.4 is 11.5 Å². The molecule has 41 heavy (non-hydrogen) atoms. The quantitative estimate of drug-likeness (QED) is 0.298. The monoisotopic (exact) mass is 574 g/mol. The predicted octanol–water partition coefficient (Wildman–Crippen LogP) is 3.81. The molecule has 8 nitrogen and oxygen atoms in total. The minimum absolute atomic E-state index is 0.0184. The van der Waals surface area contributed by atoms with E-state index in [0.717, 1.165) is 31.0 Å². The molecule has 10 heteroatoms. The smallest absolute Gasteiger partial charge is 0.254 e. The van der Waals surface area contributed by atoms with E-state index < -0.39 is 41.6 Å². The van der Waals surface area contributed by atoms with Gasteiger partial charge >= 0.3 is 0 Å². The van der Waals surface area contributed by atoms with Gasteiger partial charge in [-0.25, -0.2) is 8.78 Å². The maximum absolute atomic E-state index is 14.0. The molecule has 2 rings (SSSR count). The summed E-state index contributed by atoms with van der Waals surface area (Å²) in [4.78, 5) is 42.8. The molecule has 0 heterocycles. The van der Waals surface area contributed by atoms with Gasteiger partial charge in [-0.05, 0) is 80.0 Å². The highest BCUT2D eigenvalue weighted by atomic mass is 19.1. The summed E-state index contributed by atoms with van der Waals surface area (Å²) in [5, 5.41) is 11.0. The molecule has 0 bridgehead atoms. The molecule has 0 aliphatic heterocycles. The molecule has 0 saturated heterocycles. The summed E-state index contributed by atoms with van der Waals surface area (Å²) >= 11 is 0. The Morgan fingerprint density at radius 3 is 1.93 bits per heavy atom. The number of aryl methyl sites for hydroxylation is 1. The number of halogens is 2. The van der Waals surface area contributed by atoms with Gasteiger partial charge in [0.15, 0.2) is 0 Å². The average Bonchev–Trinajstić information content (AvgIpc) is 2.88. The molecule has 0 fully saturated rings. The first-order valence-electron chi connectivity index (χ1n) is 14.2. The molecule has 0 spiro atoms. The zero-order valence-corrected chi connectivity index (χ0v) is 24.7. The highest BCUT2D eigenvalue weighted by Crippen LogP contribution is 2.21. The van der Waals surface area contributed by atoms with Crippen molar-refractivity contribution in [3.63, 3.8) is 0 Å². The fourth-order valence-corrected chi connectivity index (χ4v) is 4.90. The molecule has 1 unspecified atom stereocenters. The lowest BCUT2D eigenvalue weighted by atomic mass is 9.97. The lowest BCUT2D eigenvalue weighted by Gasteiger charge is -2.34. The molecule has 2 aromatic carbocycles. The van der Waals surface area contributed by atoms with Gasteiger partial charge in [0.25, 0.3) is 11.8 Å². The normalized spacial score (nSPS) is 13.5. The van der Waals surface area contributed by atoms with Crippen LogP contribution in [0.2, 0.25) is 0 Å². The summed E-state index contributed by atoms with van der Waals surface area (Å²) in [7, 11) is 0. The van der Waals surface area contributed by atoms with E-state index in [2.05, 4.69) is 0 Å². The largest absolute Gasteiger partial charge is 0.390 e. The number of carbonyl (C=O) groups is 3. The third-order valence-electron chi connectivity index (χ3n) is 6.78. The number of amides is 3. The van der Waals surface area contributed by atoms with Crippen LogP contribution >= 0.6 is 0 Å². The molecule has 3 atom stereocenters. The Hall–Kier alpha value is -3.37. The Balaban J connectivity index is 2.45. The van der Waals surface area contributed by atoms with Crippen molar-refractivity contribution in [2.45, 2.75) is 78.5 Å². The van der Waals surface area contributed by atoms with Crippen molar-refractivity contribution in [3.8, 4) is 0 Å². The molecule has 2 aromatic rings. The van der Waals surface area contributed by atoms with E-state index in [1.54, 1.807) is 24.0 Å². The minimum Gasteiger partial charge on any atom is -0.390 e. The van der Waals surface area contributed by atoms with Gasteiger partial charge in [-0.15, -0.1) is 0 Å². The summed E-state index contributed by atoms with van der Waals surface area (Å²) < 4.78 is 27.4. The van der Waals surface area contributed by atoms with Crippen LogP contribution in [0.15, 0.2) is 36.4 Å². The zero-order valence-electron chi connectivity index (χ0n) is 24.7. The number of benzene rings is 2. The van der Waals surface area contributed by atoms with Crippen molar-refractivity contribution in [3.05, 3.63) is 70.3 Å². The van der Waals surface area contributed by atoms with Crippen LogP contribution in [-0.4, -0.2) is 70.4 Å². The van der Waals surface area contributed by atoms with Crippen molar-refractivity contribution in [1.29, 1.82) is 0 Å². The number of hydrogen-bond donors (Lipinski definition) is 3. The highest BCUT2D eigenvalue weighted by molar-refractivity contribution is 6.01. The second kappa shape index (κ2) is 15.6. The van der Waals surface area contributed by atoms with E-state index in [9.17, 15) is 28.3 Å². The van der Waals surface area contributed by atoms with E-state index in [1.165, 1.54) is 11.0 Å². The maximum Gasteiger partial charge on any atom is 0.254 e. The Morgan fingerprint density at radius 1 is 0.902 bits per heavy atom. The van der Waals surface area contributed by atoms with Crippen molar-refractivity contribution < 1.29 is 28.3 Å². The van der Waals surface area contributed by atoms with Crippen LogP contribution in [0.4, 0.5) is 8.78 Å². The van der Waals surface area contributed by atoms with Gasteiger partial charge in [0, 0.05) is 42.9 Å². The molecule has 0 aliphatic rings. The molecule has 0 radical (unpaired) electrons. The third kappa shape index (κ3) is 9.89. The van der Waals surface area contributed by atoms with Crippen LogP contribution in [0.5, 0.6) is 0 Å². The highest BCUT2D eigenvalue weighted by Gasteiger charge is 2.33. The SMILES string of the molecule is CCCN(CCC)C(=O)c1cc(C)cc(C(=O)N(C[C@@H](O)[C@@H](N)Cc2cc(F)cc(F)c2)C(CC(C)C)C(N)=O)c1. The van der Waals surface area contributed by atoms with Crippen LogP contribution in [0, 0.1) is 24.5 Å². The van der Waals surface area contributed by atoms with Crippen LogP contribution in [-0.2, 0) is 11.2 Å². The topological polar surface area (TPSA) is 130 Å². The second-order valence-electron chi connectivity index (χ2n) is 11.1. The van der Waals surface area contributed by atoms with Crippen LogP contribution in [0.1, 0.15) is 78.8 Å². The third-order valence-corrected chi connectivity index (χ3v) is 6.78. The number of aliphatic hydroxyl groups excluding tert-OH is 1. The summed E-state index contributed by atoms with van der Waals surface area (Å²) in [6, 6.07) is 5.73. The number of hydrogen-bond acceptors (Lipinski definition) is 5. The van der Waals surface area contributed by atoms with E-state index in [1.807, 2.05) is 27.7 Å². The second-order valence-corrected chi connectivity index (χ2v) is 11.1. The van der Waals surface area contributed by atoms with Gasteiger partial charge in [0.2, 0.25) is 5.91 Å². The number of nitrogens with two attached hydrogens (primary N) is 2. The molecule has 226 valence electrons. The number of carbonyl (C=O) groups excluding carboxylic acids is 3. The molecule has 0 saturated carbocycles. The predicted molar refractivity (Wildman–Crippen MR) is 155 cm³/mol. The van der Waals surface area contributed by atoms with Crippen LogP contribution in [0.25, 0.3) is 0 Å². The average molecular weight is 575 g/mol. The number of aliphatic hydroxyl groups is 1. The number of rotatable bonds is 15. The number of nitrogens with zero attached hydrogens (tertiary/aromatic N) is 2. The van der Waals surface area contributed by atoms with Gasteiger partial charge in [-0.3, -0.25) is 14.4 Å². The Bertz CT molecular complexity index is 1180. The van der Waals surface area contributed by atoms with Gasteiger partial charge in [0.1, 0.15) is 17.7 Å². The fraction of sp³-hybridized carbons (Fsp3) is 0.516. The standard InChI is InChI=1S/C31H44F2N4O4/c1-6-8-36(9-7-2)30(40)22-11-20(5)12-23(16-22)31(41)37(27(29(35)39)10-19(3)4)18-28(38)26(34)15-21-13-24(32)17-25(33)14-21/h11-14,16-17,19,26-28,38H,6-10,15,18,34H2,1-5H3,(H2,35,39)/t26-,27?,28+/m0/s1. The van der Waals surface area contributed by atoms with E-state index >= 15 is 0 Å². The zero-order chi connectivity index (χ0) is 30.9. The summed E-state index contributed by atoms with van der Waals surface area (Å²) in [6.07, 6.45) is 0.378. The van der Waals surface area contributed by atoms with E-state index in [0.29, 0.717) is 24.2 Å². The maximum atomic E-state index is 14.0. The molecular formula is C31H44F2N4O4. The minimum atomic E-state index is -1.35. The summed E-state index contributed by atoms with van der Waals surface area (Å²) in [5.74, 6) is -3.10. The van der Waals surface area contributed by atoms with Crippen molar-refractivity contribution >= 4 is 17.7 Å². The van der Waals surface area contributed by atoms with Crippen molar-refractivity contribution in [2.75, 3.05) is 19.6 Å². The lowest BCUT2D eigenvalue weighted by Crippen LogP contribution is -2.54. The van der Waals surface area contributed by atoms with Gasteiger partial charge in [-0.1, -0.05) is 27.7 Å². The molecule has 3 amide bonds. The lowest BCUT2D eigenvalue weighted by molar-refractivity contribution is -0.123. The van der Waals surface area contributed by atoms with Crippen molar-refractivity contribution in [2.24, 2.45) is 17.4 Å². The van der Waals surface area contributed by atoms with Crippen LogP contribution in [0.3, 0.4) is 0 Å². The van der Waals surface area contributed by atoms with Crippen molar-refractivity contribution in [1.82, 2.24) is 9.80 Å². The first-order valence-corrected chi connectivity index (χ1v) is 14.2. The Kier molecular flexibility index (Phi) is 12.9. The van der Waals surface area contributed by atoms with E-state index in [-0.39, 0.29) is 42.3 Å². The number of primary amides is 1. The Labute approximate surface area is 241 Å². The van der Waals surface area contributed by atoms with Gasteiger partial charge < -0.3 is 26.4 Å².